The molecule has 0 unspecified atom stereocenters. The summed E-state index contributed by atoms with van der Waals surface area (Å²) in [6.45, 7) is 3.09. The Labute approximate surface area is 184 Å². The van der Waals surface area contributed by atoms with Crippen LogP contribution in [-0.4, -0.2) is 58.2 Å². The minimum Gasteiger partial charge on any atom is -0.454 e. The van der Waals surface area contributed by atoms with Crippen molar-refractivity contribution < 1.29 is 17.9 Å². The SMILES string of the molecule is CCCCN(CCS(C)(=O)=O)c1cc(C=O)cc(SN(C)C)c1Oc1ccccc1. The zero-order chi connectivity index (χ0) is 22.1. The van der Waals surface area contributed by atoms with E-state index in [0.717, 1.165) is 29.7 Å². The van der Waals surface area contributed by atoms with E-state index in [4.69, 9.17) is 4.74 Å². The molecule has 0 amide bonds. The van der Waals surface area contributed by atoms with E-state index < -0.39 is 9.84 Å². The Bertz CT molecular complexity index is 932. The molecule has 0 fully saturated rings. The van der Waals surface area contributed by atoms with Crippen molar-refractivity contribution in [1.82, 2.24) is 4.31 Å². The lowest BCUT2D eigenvalue weighted by molar-refractivity contribution is 0.112. The molecule has 0 spiro atoms. The fraction of sp³-hybridized carbons (Fsp3) is 0.409. The molecule has 2 aromatic rings. The number of hydrogen-bond donors (Lipinski definition) is 0. The van der Waals surface area contributed by atoms with Gasteiger partial charge in [-0.1, -0.05) is 31.5 Å². The number of carbonyl (C=O) groups excluding carboxylic acids is 1. The minimum absolute atomic E-state index is 0.0307. The van der Waals surface area contributed by atoms with Gasteiger partial charge >= 0.3 is 0 Å². The van der Waals surface area contributed by atoms with E-state index in [1.54, 1.807) is 12.1 Å². The smallest absolute Gasteiger partial charge is 0.165 e. The Morgan fingerprint density at radius 3 is 2.37 bits per heavy atom. The molecule has 0 aliphatic carbocycles. The lowest BCUT2D eigenvalue weighted by atomic mass is 10.1. The van der Waals surface area contributed by atoms with Gasteiger partial charge in [0.2, 0.25) is 0 Å². The lowest BCUT2D eigenvalue weighted by Crippen LogP contribution is -2.30. The first kappa shape index (κ1) is 24.2. The number of ether oxygens (including phenoxy) is 1. The van der Waals surface area contributed by atoms with Crippen molar-refractivity contribution in [2.45, 2.75) is 24.7 Å². The summed E-state index contributed by atoms with van der Waals surface area (Å²) in [6, 6.07) is 13.0. The third-order valence-electron chi connectivity index (χ3n) is 4.29. The maximum absolute atomic E-state index is 11.8. The number of para-hydroxylation sites is 1. The van der Waals surface area contributed by atoms with Crippen molar-refractivity contribution in [2.24, 2.45) is 0 Å². The first-order valence-electron chi connectivity index (χ1n) is 9.87. The summed E-state index contributed by atoms with van der Waals surface area (Å²) in [5.41, 5.74) is 1.25. The van der Waals surface area contributed by atoms with E-state index >= 15 is 0 Å². The summed E-state index contributed by atoms with van der Waals surface area (Å²) in [6.07, 6.45) is 3.92. The second-order valence-corrected chi connectivity index (χ2v) is 10.9. The molecule has 0 atom stereocenters. The predicted octanol–water partition coefficient (Wildman–Crippen LogP) is 4.51. The van der Waals surface area contributed by atoms with Gasteiger partial charge in [-0.2, -0.15) is 0 Å². The maximum Gasteiger partial charge on any atom is 0.165 e. The van der Waals surface area contributed by atoms with E-state index in [-0.39, 0.29) is 5.75 Å². The molecule has 0 radical (unpaired) electrons. The van der Waals surface area contributed by atoms with Crippen molar-refractivity contribution in [2.75, 3.05) is 44.1 Å². The van der Waals surface area contributed by atoms with Crippen LogP contribution in [0.4, 0.5) is 5.69 Å². The summed E-state index contributed by atoms with van der Waals surface area (Å²) in [4.78, 5) is 14.4. The summed E-state index contributed by atoms with van der Waals surface area (Å²) in [5.74, 6) is 1.33. The number of unbranched alkanes of at least 4 members (excludes halogenated alkanes) is 1. The van der Waals surface area contributed by atoms with Crippen LogP contribution in [0.3, 0.4) is 0 Å². The van der Waals surface area contributed by atoms with Crippen molar-refractivity contribution in [3.8, 4) is 11.5 Å². The quantitative estimate of drug-likeness (QED) is 0.348. The van der Waals surface area contributed by atoms with E-state index in [1.165, 1.54) is 18.2 Å². The molecule has 0 saturated heterocycles. The molecule has 8 heteroatoms. The van der Waals surface area contributed by atoms with Gasteiger partial charge in [-0.25, -0.2) is 8.42 Å². The molecule has 0 heterocycles. The highest BCUT2D eigenvalue weighted by atomic mass is 32.2. The van der Waals surface area contributed by atoms with Crippen LogP contribution in [0, 0.1) is 0 Å². The van der Waals surface area contributed by atoms with E-state index in [9.17, 15) is 13.2 Å². The van der Waals surface area contributed by atoms with Gasteiger partial charge < -0.3 is 9.64 Å². The largest absolute Gasteiger partial charge is 0.454 e. The van der Waals surface area contributed by atoms with Crippen LogP contribution in [-0.2, 0) is 9.84 Å². The number of hydrogen-bond acceptors (Lipinski definition) is 7. The Morgan fingerprint density at radius 1 is 1.10 bits per heavy atom. The van der Waals surface area contributed by atoms with Crippen LogP contribution in [0.1, 0.15) is 30.1 Å². The Balaban J connectivity index is 2.59. The first-order valence-corrected chi connectivity index (χ1v) is 12.7. The summed E-state index contributed by atoms with van der Waals surface area (Å²) >= 11 is 1.46. The molecular weight excluding hydrogens is 420 g/mol. The first-order chi connectivity index (χ1) is 14.2. The monoisotopic (exact) mass is 450 g/mol. The normalized spacial score (nSPS) is 11.5. The van der Waals surface area contributed by atoms with Gasteiger partial charge in [0.25, 0.3) is 0 Å². The van der Waals surface area contributed by atoms with Crippen molar-refractivity contribution in [3.63, 3.8) is 0 Å². The van der Waals surface area contributed by atoms with Gasteiger partial charge in [-0.3, -0.25) is 9.10 Å². The fourth-order valence-electron chi connectivity index (χ4n) is 2.86. The second-order valence-electron chi connectivity index (χ2n) is 7.27. The molecule has 0 aliphatic rings. The van der Waals surface area contributed by atoms with Crippen LogP contribution in [0.15, 0.2) is 47.4 Å². The van der Waals surface area contributed by atoms with Crippen LogP contribution < -0.4 is 9.64 Å². The molecule has 30 heavy (non-hydrogen) atoms. The number of anilines is 1. The number of sulfone groups is 1. The maximum atomic E-state index is 11.8. The van der Waals surface area contributed by atoms with Gasteiger partial charge in [0.1, 0.15) is 21.9 Å². The van der Waals surface area contributed by atoms with Gasteiger partial charge in [0.15, 0.2) is 5.75 Å². The zero-order valence-electron chi connectivity index (χ0n) is 18.0. The van der Waals surface area contributed by atoms with Crippen LogP contribution in [0.5, 0.6) is 11.5 Å². The van der Waals surface area contributed by atoms with Crippen LogP contribution in [0.25, 0.3) is 0 Å². The van der Waals surface area contributed by atoms with Gasteiger partial charge in [0.05, 0.1) is 16.3 Å². The van der Waals surface area contributed by atoms with Crippen molar-refractivity contribution in [1.29, 1.82) is 0 Å². The van der Waals surface area contributed by atoms with E-state index in [2.05, 4.69) is 6.92 Å². The Hall–Kier alpha value is -2.03. The molecular formula is C22H30N2O4S2. The van der Waals surface area contributed by atoms with Crippen LogP contribution >= 0.6 is 11.9 Å². The molecule has 6 nitrogen and oxygen atoms in total. The van der Waals surface area contributed by atoms with Crippen molar-refractivity contribution >= 4 is 33.8 Å². The van der Waals surface area contributed by atoms with Crippen LogP contribution in [0.2, 0.25) is 0 Å². The lowest BCUT2D eigenvalue weighted by Gasteiger charge is -2.28. The van der Waals surface area contributed by atoms with Gasteiger partial charge in [-0.05, 0) is 56.7 Å². The summed E-state index contributed by atoms with van der Waals surface area (Å²) in [5, 5.41) is 0. The second kappa shape index (κ2) is 11.4. The number of nitrogens with zero attached hydrogens (tertiary/aromatic N) is 2. The zero-order valence-corrected chi connectivity index (χ0v) is 19.6. The summed E-state index contributed by atoms with van der Waals surface area (Å²) in [7, 11) is 0.705. The van der Waals surface area contributed by atoms with Gasteiger partial charge in [0, 0.05) is 24.9 Å². The number of benzene rings is 2. The highest BCUT2D eigenvalue weighted by Gasteiger charge is 2.21. The van der Waals surface area contributed by atoms with E-state index in [1.807, 2.05) is 53.6 Å². The number of rotatable bonds is 12. The Morgan fingerprint density at radius 2 is 1.80 bits per heavy atom. The molecule has 2 rings (SSSR count). The molecule has 0 aliphatic heterocycles. The molecule has 2 aromatic carbocycles. The standard InChI is InChI=1S/C22H30N2O4S2/c1-5-6-12-24(13-14-30(4,26)27)20-15-18(17-25)16-21(29-23(2)3)22(20)28-19-10-8-7-9-11-19/h7-11,15-17H,5-6,12-14H2,1-4H3. The minimum atomic E-state index is -3.13. The van der Waals surface area contributed by atoms with Gasteiger partial charge in [-0.15, -0.1) is 0 Å². The number of aldehydes is 1. The number of carbonyl (C=O) groups is 1. The van der Waals surface area contributed by atoms with E-state index in [0.29, 0.717) is 30.2 Å². The third-order valence-corrected chi connectivity index (χ3v) is 6.08. The topological polar surface area (TPSA) is 66.9 Å². The summed E-state index contributed by atoms with van der Waals surface area (Å²) < 4.78 is 31.9. The fourth-order valence-corrected chi connectivity index (χ4v) is 4.23. The van der Waals surface area contributed by atoms with Crippen molar-refractivity contribution in [3.05, 3.63) is 48.0 Å². The average molecular weight is 451 g/mol. The highest BCUT2D eigenvalue weighted by Crippen LogP contribution is 2.42. The Kier molecular flexibility index (Phi) is 9.20. The third kappa shape index (κ3) is 7.66. The molecule has 0 N–H and O–H groups in total. The molecule has 0 aromatic heterocycles. The average Bonchev–Trinajstić information content (AvgIpc) is 2.69. The molecule has 0 bridgehead atoms. The highest BCUT2D eigenvalue weighted by molar-refractivity contribution is 7.97. The molecule has 0 saturated carbocycles. The predicted molar refractivity (Wildman–Crippen MR) is 125 cm³/mol. The molecule has 164 valence electrons.